The van der Waals surface area contributed by atoms with Crippen molar-refractivity contribution in [1.29, 1.82) is 0 Å². The van der Waals surface area contributed by atoms with Crippen LogP contribution in [0.2, 0.25) is 0 Å². The van der Waals surface area contributed by atoms with Gasteiger partial charge in [-0.2, -0.15) is 0 Å². The summed E-state index contributed by atoms with van der Waals surface area (Å²) in [6, 6.07) is 6.89. The highest BCUT2D eigenvalue weighted by atomic mass is 16.2. The van der Waals surface area contributed by atoms with Crippen LogP contribution in [0, 0.1) is 5.92 Å². The third-order valence-corrected chi connectivity index (χ3v) is 3.56. The number of carbonyl (C=O) groups excluding carboxylic acids is 2. The van der Waals surface area contributed by atoms with Gasteiger partial charge in [0.25, 0.3) is 5.91 Å². The molecule has 102 valence electrons. The lowest BCUT2D eigenvalue weighted by molar-refractivity contribution is -0.121. The minimum absolute atomic E-state index is 0.235. The molecule has 0 aromatic heterocycles. The Morgan fingerprint density at radius 2 is 1.95 bits per heavy atom. The van der Waals surface area contributed by atoms with E-state index in [2.05, 4.69) is 10.6 Å². The molecule has 0 saturated heterocycles. The summed E-state index contributed by atoms with van der Waals surface area (Å²) in [5.74, 6) is -0.243. The van der Waals surface area contributed by atoms with Crippen LogP contribution in [0.1, 0.15) is 30.1 Å². The molecular weight excluding hydrogens is 242 g/mol. The van der Waals surface area contributed by atoms with Crippen LogP contribution in [0.25, 0.3) is 0 Å². The number of nitrogens with two attached hydrogens (primary N) is 1. The van der Waals surface area contributed by atoms with Crippen LogP contribution in [-0.4, -0.2) is 24.4 Å². The molecule has 2 rings (SSSR count). The highest BCUT2D eigenvalue weighted by Crippen LogP contribution is 2.38. The van der Waals surface area contributed by atoms with Crippen molar-refractivity contribution in [3.8, 4) is 0 Å². The molecule has 1 unspecified atom stereocenters. The summed E-state index contributed by atoms with van der Waals surface area (Å²) < 4.78 is 0. The molecule has 1 aromatic rings. The Morgan fingerprint density at radius 1 is 1.32 bits per heavy atom. The Morgan fingerprint density at radius 3 is 2.53 bits per heavy atom. The van der Waals surface area contributed by atoms with Gasteiger partial charge in [-0.05, 0) is 37.8 Å². The molecule has 4 N–H and O–H groups in total. The van der Waals surface area contributed by atoms with E-state index in [1.54, 1.807) is 38.2 Å². The minimum Gasteiger partial charge on any atom is -0.355 e. The summed E-state index contributed by atoms with van der Waals surface area (Å²) in [5, 5.41) is 5.31. The summed E-state index contributed by atoms with van der Waals surface area (Å²) >= 11 is 0. The van der Waals surface area contributed by atoms with Crippen LogP contribution >= 0.6 is 0 Å². The van der Waals surface area contributed by atoms with Crippen molar-refractivity contribution in [2.24, 2.45) is 11.7 Å². The minimum atomic E-state index is -0.879. The van der Waals surface area contributed by atoms with Crippen molar-refractivity contribution in [3.05, 3.63) is 29.8 Å². The lowest BCUT2D eigenvalue weighted by Gasteiger charge is -2.23. The van der Waals surface area contributed by atoms with E-state index in [9.17, 15) is 9.59 Å². The van der Waals surface area contributed by atoms with E-state index >= 15 is 0 Å². The normalized spacial score (nSPS) is 17.4. The van der Waals surface area contributed by atoms with Gasteiger partial charge < -0.3 is 16.4 Å². The number of nitrogens with one attached hydrogen (secondary N) is 2. The Labute approximate surface area is 112 Å². The number of hydrogen-bond acceptors (Lipinski definition) is 3. The molecule has 2 amide bonds. The highest BCUT2D eigenvalue weighted by Gasteiger charge is 2.44. The molecule has 0 heterocycles. The predicted octanol–water partition coefficient (Wildman–Crippen LogP) is 1.11. The van der Waals surface area contributed by atoms with E-state index in [0.29, 0.717) is 11.3 Å². The molecule has 0 aliphatic heterocycles. The van der Waals surface area contributed by atoms with Gasteiger partial charge in [0.05, 0.1) is 16.8 Å². The van der Waals surface area contributed by atoms with E-state index in [-0.39, 0.29) is 17.7 Å². The fourth-order valence-corrected chi connectivity index (χ4v) is 2.05. The van der Waals surface area contributed by atoms with Crippen LogP contribution in [0.3, 0.4) is 0 Å². The topological polar surface area (TPSA) is 84.2 Å². The zero-order valence-electron chi connectivity index (χ0n) is 11.2. The van der Waals surface area contributed by atoms with Crippen molar-refractivity contribution in [1.82, 2.24) is 5.32 Å². The molecular formula is C14H19N3O2. The average molecular weight is 261 g/mol. The molecule has 1 aromatic carbocycles. The Hall–Kier alpha value is -1.88. The Kier molecular flexibility index (Phi) is 3.57. The van der Waals surface area contributed by atoms with Crippen molar-refractivity contribution < 1.29 is 9.59 Å². The fraction of sp³-hybridized carbons (Fsp3) is 0.429. The molecule has 1 aliphatic carbocycles. The standard InChI is InChI=1S/C14H19N3O2/c1-14(15,9-7-8-9)13(19)17-11-6-4-3-5-10(11)12(18)16-2/h3-6,9H,7-8,15H2,1-2H3,(H,16,18)(H,17,19). The van der Waals surface area contributed by atoms with Gasteiger partial charge in [0.2, 0.25) is 5.91 Å². The predicted molar refractivity (Wildman–Crippen MR) is 73.8 cm³/mol. The smallest absolute Gasteiger partial charge is 0.253 e. The number of carbonyl (C=O) groups is 2. The molecule has 1 aliphatic rings. The van der Waals surface area contributed by atoms with E-state index in [1.165, 1.54) is 0 Å². The summed E-state index contributed by atoms with van der Waals surface area (Å²) in [7, 11) is 1.55. The first-order chi connectivity index (χ1) is 8.96. The molecule has 1 saturated carbocycles. The third-order valence-electron chi connectivity index (χ3n) is 3.56. The quantitative estimate of drug-likeness (QED) is 0.759. The summed E-state index contributed by atoms with van der Waals surface area (Å²) in [6.07, 6.45) is 1.97. The van der Waals surface area contributed by atoms with Crippen LogP contribution in [-0.2, 0) is 4.79 Å². The van der Waals surface area contributed by atoms with Crippen LogP contribution in [0.4, 0.5) is 5.69 Å². The van der Waals surface area contributed by atoms with Crippen molar-refractivity contribution in [2.75, 3.05) is 12.4 Å². The number of anilines is 1. The zero-order valence-corrected chi connectivity index (χ0v) is 11.2. The molecule has 19 heavy (non-hydrogen) atoms. The van der Waals surface area contributed by atoms with Crippen molar-refractivity contribution >= 4 is 17.5 Å². The number of rotatable bonds is 4. The van der Waals surface area contributed by atoms with E-state index < -0.39 is 5.54 Å². The highest BCUT2D eigenvalue weighted by molar-refractivity contribution is 6.05. The second-order valence-electron chi connectivity index (χ2n) is 5.14. The second-order valence-corrected chi connectivity index (χ2v) is 5.14. The fourth-order valence-electron chi connectivity index (χ4n) is 2.05. The maximum Gasteiger partial charge on any atom is 0.253 e. The Balaban J connectivity index is 2.19. The molecule has 1 fully saturated rings. The molecule has 0 spiro atoms. The second kappa shape index (κ2) is 5.01. The van der Waals surface area contributed by atoms with Gasteiger partial charge >= 0.3 is 0 Å². The molecule has 5 heteroatoms. The first kappa shape index (κ1) is 13.5. The number of para-hydroxylation sites is 1. The molecule has 0 radical (unpaired) electrons. The van der Waals surface area contributed by atoms with Crippen LogP contribution in [0.5, 0.6) is 0 Å². The first-order valence-electron chi connectivity index (χ1n) is 6.38. The van der Waals surface area contributed by atoms with Gasteiger partial charge in [-0.1, -0.05) is 12.1 Å². The molecule has 0 bridgehead atoms. The average Bonchev–Trinajstić information content (AvgIpc) is 3.23. The summed E-state index contributed by atoms with van der Waals surface area (Å²) in [6.45, 7) is 1.74. The number of hydrogen-bond donors (Lipinski definition) is 3. The van der Waals surface area contributed by atoms with Gasteiger partial charge in [-0.25, -0.2) is 0 Å². The zero-order chi connectivity index (χ0) is 14.0. The Bertz CT molecular complexity index is 507. The van der Waals surface area contributed by atoms with Crippen molar-refractivity contribution in [3.63, 3.8) is 0 Å². The molecule has 1 atom stereocenters. The number of benzene rings is 1. The van der Waals surface area contributed by atoms with Gasteiger partial charge in [-0.3, -0.25) is 9.59 Å². The summed E-state index contributed by atoms with van der Waals surface area (Å²) in [4.78, 5) is 23.9. The van der Waals surface area contributed by atoms with Gasteiger partial charge in [0.15, 0.2) is 0 Å². The van der Waals surface area contributed by atoms with E-state index in [1.807, 2.05) is 0 Å². The lowest BCUT2D eigenvalue weighted by atomic mass is 9.96. The number of amides is 2. The maximum atomic E-state index is 12.2. The van der Waals surface area contributed by atoms with Crippen LogP contribution in [0.15, 0.2) is 24.3 Å². The van der Waals surface area contributed by atoms with Crippen LogP contribution < -0.4 is 16.4 Å². The van der Waals surface area contributed by atoms with Crippen molar-refractivity contribution in [2.45, 2.75) is 25.3 Å². The maximum absolute atomic E-state index is 12.2. The first-order valence-corrected chi connectivity index (χ1v) is 6.38. The van der Waals surface area contributed by atoms with Gasteiger partial charge in [0, 0.05) is 7.05 Å². The van der Waals surface area contributed by atoms with E-state index in [0.717, 1.165) is 12.8 Å². The van der Waals surface area contributed by atoms with Gasteiger partial charge in [0.1, 0.15) is 0 Å². The summed E-state index contributed by atoms with van der Waals surface area (Å²) in [5.41, 5.74) is 6.11. The SMILES string of the molecule is CNC(=O)c1ccccc1NC(=O)C(C)(N)C1CC1. The van der Waals surface area contributed by atoms with Gasteiger partial charge in [-0.15, -0.1) is 0 Å². The third kappa shape index (κ3) is 2.76. The largest absolute Gasteiger partial charge is 0.355 e. The molecule has 5 nitrogen and oxygen atoms in total. The van der Waals surface area contributed by atoms with E-state index in [4.69, 9.17) is 5.73 Å². The lowest BCUT2D eigenvalue weighted by Crippen LogP contribution is -2.50. The monoisotopic (exact) mass is 261 g/mol.